The maximum Gasteiger partial charge on any atom is 0.184 e. The van der Waals surface area contributed by atoms with Crippen molar-refractivity contribution >= 4 is 0 Å². The molecule has 0 saturated carbocycles. The highest BCUT2D eigenvalue weighted by atomic mass is 16.7. The van der Waals surface area contributed by atoms with Gasteiger partial charge >= 0.3 is 0 Å². The zero-order valence-electron chi connectivity index (χ0n) is 8.19. The van der Waals surface area contributed by atoms with E-state index in [1.54, 1.807) is 0 Å². The van der Waals surface area contributed by atoms with Gasteiger partial charge in [-0.3, -0.25) is 0 Å². The van der Waals surface area contributed by atoms with Crippen molar-refractivity contribution in [3.63, 3.8) is 0 Å². The monoisotopic (exact) mass is 223 g/mol. The van der Waals surface area contributed by atoms with Crippen LogP contribution in [0.1, 0.15) is 0 Å². The summed E-state index contributed by atoms with van der Waals surface area (Å²) >= 11 is 0. The van der Waals surface area contributed by atoms with Gasteiger partial charge in [0.15, 0.2) is 6.29 Å². The molecule has 7 heteroatoms. The Morgan fingerprint density at radius 3 is 2.40 bits per heavy atom. The van der Waals surface area contributed by atoms with Crippen molar-refractivity contribution < 1.29 is 29.9 Å². The van der Waals surface area contributed by atoms with Gasteiger partial charge in [-0.25, -0.2) is 0 Å². The summed E-state index contributed by atoms with van der Waals surface area (Å²) in [6.07, 6.45) is -6.04. The lowest BCUT2D eigenvalue weighted by Gasteiger charge is -2.39. The third kappa shape index (κ3) is 2.85. The molecule has 0 aromatic rings. The fraction of sp³-hybridized carbons (Fsp3) is 1.00. The molecule has 0 aromatic carbocycles. The van der Waals surface area contributed by atoms with Crippen molar-refractivity contribution in [1.29, 1.82) is 0 Å². The molecule has 1 aliphatic rings. The Morgan fingerprint density at radius 2 is 1.87 bits per heavy atom. The number of aliphatic hydroxyl groups is 4. The molecule has 0 aromatic heterocycles. The molecule has 1 fully saturated rings. The minimum atomic E-state index is -1.38. The van der Waals surface area contributed by atoms with Crippen molar-refractivity contribution in [2.24, 2.45) is 5.73 Å². The normalized spacial score (nSPS) is 41.8. The number of rotatable bonds is 4. The van der Waals surface area contributed by atoms with Crippen LogP contribution in [-0.4, -0.2) is 70.9 Å². The second-order valence-electron chi connectivity index (χ2n) is 3.35. The van der Waals surface area contributed by atoms with Gasteiger partial charge in [0.05, 0.1) is 13.2 Å². The second kappa shape index (κ2) is 5.71. The number of aliphatic hydroxyl groups excluding tert-OH is 4. The van der Waals surface area contributed by atoms with Crippen LogP contribution >= 0.6 is 0 Å². The van der Waals surface area contributed by atoms with Gasteiger partial charge < -0.3 is 35.6 Å². The first-order chi connectivity index (χ1) is 7.11. The topological polar surface area (TPSA) is 125 Å². The van der Waals surface area contributed by atoms with Crippen LogP contribution in [0, 0.1) is 0 Å². The largest absolute Gasteiger partial charge is 0.394 e. The Hall–Kier alpha value is -0.280. The fourth-order valence-electron chi connectivity index (χ4n) is 1.46. The number of hydrogen-bond acceptors (Lipinski definition) is 7. The van der Waals surface area contributed by atoms with Crippen LogP contribution in [0.5, 0.6) is 0 Å². The van der Waals surface area contributed by atoms with Crippen LogP contribution in [0.25, 0.3) is 0 Å². The Bertz CT molecular complexity index is 192. The van der Waals surface area contributed by atoms with E-state index >= 15 is 0 Å². The molecular formula is C8H17NO6. The Labute approximate surface area is 87.0 Å². The van der Waals surface area contributed by atoms with E-state index in [-0.39, 0.29) is 13.2 Å². The van der Waals surface area contributed by atoms with Crippen LogP contribution < -0.4 is 5.73 Å². The summed E-state index contributed by atoms with van der Waals surface area (Å²) in [5.74, 6) is 0. The highest BCUT2D eigenvalue weighted by Gasteiger charge is 2.44. The first-order valence-electron chi connectivity index (χ1n) is 4.74. The molecule has 0 aliphatic carbocycles. The van der Waals surface area contributed by atoms with Crippen molar-refractivity contribution in [1.82, 2.24) is 0 Å². The highest BCUT2D eigenvalue weighted by Crippen LogP contribution is 2.21. The standard InChI is InChI=1S/C8H17NO6/c9-1-2-14-7-6(12)5(11)4(3-10)15-8(7)13/h4-8,10-13H,1-3,9H2/t4-,5-,6+,7-,8-/m1/s1. The van der Waals surface area contributed by atoms with Gasteiger partial charge in [-0.15, -0.1) is 0 Å². The van der Waals surface area contributed by atoms with Gasteiger partial charge in [0.1, 0.15) is 24.4 Å². The Balaban J connectivity index is 2.58. The van der Waals surface area contributed by atoms with E-state index in [9.17, 15) is 15.3 Å². The van der Waals surface area contributed by atoms with Gasteiger partial charge in [-0.05, 0) is 0 Å². The van der Waals surface area contributed by atoms with Crippen molar-refractivity contribution in [3.8, 4) is 0 Å². The molecule has 1 aliphatic heterocycles. The van der Waals surface area contributed by atoms with E-state index in [1.807, 2.05) is 0 Å². The fourth-order valence-corrected chi connectivity index (χ4v) is 1.46. The summed E-state index contributed by atoms with van der Waals surface area (Å²) in [6.45, 7) is -0.118. The van der Waals surface area contributed by atoms with Gasteiger partial charge in [-0.2, -0.15) is 0 Å². The maximum atomic E-state index is 9.57. The smallest absolute Gasteiger partial charge is 0.184 e. The second-order valence-corrected chi connectivity index (χ2v) is 3.35. The summed E-state index contributed by atoms with van der Waals surface area (Å²) in [5.41, 5.74) is 5.19. The van der Waals surface area contributed by atoms with E-state index in [0.717, 1.165) is 0 Å². The first-order valence-corrected chi connectivity index (χ1v) is 4.74. The summed E-state index contributed by atoms with van der Waals surface area (Å²) in [6, 6.07) is 0. The summed E-state index contributed by atoms with van der Waals surface area (Å²) in [4.78, 5) is 0. The zero-order valence-corrected chi connectivity index (χ0v) is 8.19. The SMILES string of the molecule is NCCO[C@@H]1[C@@H](O)[C@H](O)[C@@H](CO)O[C@H]1O. The van der Waals surface area contributed by atoms with Crippen LogP contribution in [0.3, 0.4) is 0 Å². The van der Waals surface area contributed by atoms with Gasteiger partial charge in [0.25, 0.3) is 0 Å². The lowest BCUT2D eigenvalue weighted by molar-refractivity contribution is -0.295. The summed E-state index contributed by atoms with van der Waals surface area (Å²) in [5, 5.41) is 37.2. The Morgan fingerprint density at radius 1 is 1.20 bits per heavy atom. The van der Waals surface area contributed by atoms with E-state index in [2.05, 4.69) is 0 Å². The van der Waals surface area contributed by atoms with Crippen molar-refractivity contribution in [3.05, 3.63) is 0 Å². The van der Waals surface area contributed by atoms with E-state index in [4.69, 9.17) is 20.3 Å². The maximum absolute atomic E-state index is 9.57. The van der Waals surface area contributed by atoms with Crippen LogP contribution in [0.2, 0.25) is 0 Å². The minimum Gasteiger partial charge on any atom is -0.394 e. The molecule has 1 heterocycles. The Kier molecular flexibility index (Phi) is 4.87. The molecule has 0 bridgehead atoms. The van der Waals surface area contributed by atoms with Crippen molar-refractivity contribution in [2.45, 2.75) is 30.7 Å². The molecule has 5 atom stereocenters. The summed E-state index contributed by atoms with van der Waals surface area (Å²) in [7, 11) is 0. The third-order valence-electron chi connectivity index (χ3n) is 2.27. The van der Waals surface area contributed by atoms with E-state index in [1.165, 1.54) is 0 Å². The molecular weight excluding hydrogens is 206 g/mol. The lowest BCUT2D eigenvalue weighted by Crippen LogP contribution is -2.59. The molecule has 15 heavy (non-hydrogen) atoms. The minimum absolute atomic E-state index is 0.138. The first kappa shape index (κ1) is 12.8. The van der Waals surface area contributed by atoms with Crippen LogP contribution in [0.4, 0.5) is 0 Å². The zero-order chi connectivity index (χ0) is 11.4. The average molecular weight is 223 g/mol. The number of nitrogens with two attached hydrogens (primary N) is 1. The summed E-state index contributed by atoms with van der Waals surface area (Å²) < 4.78 is 9.89. The van der Waals surface area contributed by atoms with Crippen molar-refractivity contribution in [2.75, 3.05) is 19.8 Å². The molecule has 6 N–H and O–H groups in total. The number of hydrogen-bond donors (Lipinski definition) is 5. The number of ether oxygens (including phenoxy) is 2. The van der Waals surface area contributed by atoms with Crippen LogP contribution in [-0.2, 0) is 9.47 Å². The predicted octanol–water partition coefficient (Wildman–Crippen LogP) is -3.24. The molecule has 0 unspecified atom stereocenters. The quantitative estimate of drug-likeness (QED) is 0.339. The van der Waals surface area contributed by atoms with Gasteiger partial charge in [0, 0.05) is 6.54 Å². The predicted molar refractivity (Wildman–Crippen MR) is 48.8 cm³/mol. The van der Waals surface area contributed by atoms with Crippen LogP contribution in [0.15, 0.2) is 0 Å². The molecule has 1 saturated heterocycles. The lowest BCUT2D eigenvalue weighted by atomic mass is 9.99. The van der Waals surface area contributed by atoms with E-state index < -0.39 is 37.3 Å². The molecule has 0 spiro atoms. The third-order valence-corrected chi connectivity index (χ3v) is 2.27. The molecule has 0 radical (unpaired) electrons. The van der Waals surface area contributed by atoms with E-state index in [0.29, 0.717) is 0 Å². The molecule has 0 amide bonds. The molecule has 90 valence electrons. The van der Waals surface area contributed by atoms with Gasteiger partial charge in [0.2, 0.25) is 0 Å². The van der Waals surface area contributed by atoms with Gasteiger partial charge in [-0.1, -0.05) is 0 Å². The molecule has 7 nitrogen and oxygen atoms in total. The average Bonchev–Trinajstić information content (AvgIpc) is 2.23. The highest BCUT2D eigenvalue weighted by molar-refractivity contribution is 4.89. The molecule has 1 rings (SSSR count).